The van der Waals surface area contributed by atoms with E-state index in [4.69, 9.17) is 11.6 Å². The summed E-state index contributed by atoms with van der Waals surface area (Å²) in [7, 11) is 0. The van der Waals surface area contributed by atoms with Crippen molar-refractivity contribution in [3.63, 3.8) is 0 Å². The zero-order valence-corrected chi connectivity index (χ0v) is 17.9. The van der Waals surface area contributed by atoms with Crippen LogP contribution in [0.15, 0.2) is 59.5 Å². The van der Waals surface area contributed by atoms with E-state index >= 15 is 0 Å². The highest BCUT2D eigenvalue weighted by Crippen LogP contribution is 2.24. The molecule has 0 radical (unpaired) electrons. The first-order valence-electron chi connectivity index (χ1n) is 9.77. The lowest BCUT2D eigenvalue weighted by molar-refractivity contribution is 0.0891. The molecule has 1 aliphatic carbocycles. The van der Waals surface area contributed by atoms with Gasteiger partial charge in [-0.3, -0.25) is 19.0 Å². The molecule has 3 aromatic rings. The second-order valence-electron chi connectivity index (χ2n) is 7.27. The molecule has 2 N–H and O–H groups in total. The fourth-order valence-electron chi connectivity index (χ4n) is 3.71. The third-order valence-corrected chi connectivity index (χ3v) is 6.47. The number of amides is 2. The van der Waals surface area contributed by atoms with Crippen LogP contribution in [0.1, 0.15) is 39.3 Å². The summed E-state index contributed by atoms with van der Waals surface area (Å²) in [5.74, 6) is -1.53. The molecular formula is C22H19ClFN3O3S. The molecule has 0 bridgehead atoms. The van der Waals surface area contributed by atoms with Gasteiger partial charge in [0.15, 0.2) is 0 Å². The summed E-state index contributed by atoms with van der Waals surface area (Å²) >= 11 is 7.07. The monoisotopic (exact) mass is 459 g/mol. The largest absolute Gasteiger partial charge is 0.347 e. The first-order valence-corrected chi connectivity index (χ1v) is 11.0. The smallest absolute Gasteiger partial charge is 0.261 e. The summed E-state index contributed by atoms with van der Waals surface area (Å²) in [5, 5.41) is 5.77. The van der Waals surface area contributed by atoms with Crippen LogP contribution in [0.25, 0.3) is 5.69 Å². The van der Waals surface area contributed by atoms with Gasteiger partial charge in [0.2, 0.25) is 0 Å². The van der Waals surface area contributed by atoms with Gasteiger partial charge in [-0.2, -0.15) is 0 Å². The van der Waals surface area contributed by atoms with Crippen LogP contribution in [-0.4, -0.2) is 28.5 Å². The van der Waals surface area contributed by atoms with E-state index in [1.165, 1.54) is 40.3 Å². The Bertz CT molecular complexity index is 1190. The van der Waals surface area contributed by atoms with Crippen LogP contribution < -0.4 is 16.2 Å². The number of hydrogen-bond donors (Lipinski definition) is 2. The van der Waals surface area contributed by atoms with Crippen molar-refractivity contribution in [1.29, 1.82) is 0 Å². The van der Waals surface area contributed by atoms with Crippen LogP contribution in [0, 0.1) is 5.82 Å². The summed E-state index contributed by atoms with van der Waals surface area (Å²) < 4.78 is 16.5. The van der Waals surface area contributed by atoms with Gasteiger partial charge < -0.3 is 10.6 Å². The molecule has 6 nitrogen and oxygen atoms in total. The van der Waals surface area contributed by atoms with Crippen LogP contribution in [0.4, 0.5) is 4.39 Å². The van der Waals surface area contributed by atoms with E-state index in [1.54, 1.807) is 24.3 Å². The number of benzene rings is 1. The number of rotatable bonds is 5. The number of carbonyl (C=O) groups excluding carboxylic acids is 2. The number of thiophene rings is 1. The van der Waals surface area contributed by atoms with Gasteiger partial charge in [0.1, 0.15) is 5.82 Å². The normalized spacial score (nSPS) is 18.0. The van der Waals surface area contributed by atoms with E-state index in [2.05, 4.69) is 10.6 Å². The molecule has 2 amide bonds. The molecule has 1 fully saturated rings. The lowest BCUT2D eigenvalue weighted by atomic mass is 10.1. The van der Waals surface area contributed by atoms with Crippen molar-refractivity contribution in [3.8, 4) is 5.69 Å². The van der Waals surface area contributed by atoms with Crippen LogP contribution in [-0.2, 0) is 0 Å². The molecule has 0 saturated heterocycles. The van der Waals surface area contributed by atoms with Gasteiger partial charge in [0.05, 0.1) is 20.5 Å². The molecule has 0 spiro atoms. The number of carbonyl (C=O) groups is 2. The molecule has 31 heavy (non-hydrogen) atoms. The molecule has 0 aliphatic heterocycles. The zero-order chi connectivity index (χ0) is 22.0. The number of nitrogens with one attached hydrogen (secondary N) is 2. The topological polar surface area (TPSA) is 80.2 Å². The Morgan fingerprint density at radius 1 is 1.03 bits per heavy atom. The van der Waals surface area contributed by atoms with Gasteiger partial charge >= 0.3 is 0 Å². The minimum atomic E-state index is -0.724. The molecule has 4 rings (SSSR count). The Kier molecular flexibility index (Phi) is 6.20. The highest BCUT2D eigenvalue weighted by molar-refractivity contribution is 7.18. The minimum Gasteiger partial charge on any atom is -0.347 e. The van der Waals surface area contributed by atoms with E-state index in [0.29, 0.717) is 27.7 Å². The predicted molar refractivity (Wildman–Crippen MR) is 118 cm³/mol. The van der Waals surface area contributed by atoms with E-state index in [0.717, 1.165) is 12.5 Å². The van der Waals surface area contributed by atoms with E-state index in [1.807, 2.05) is 0 Å². The first-order chi connectivity index (χ1) is 14.9. The highest BCUT2D eigenvalue weighted by atomic mass is 35.5. The average Bonchev–Trinajstić information content (AvgIpc) is 3.37. The van der Waals surface area contributed by atoms with Gasteiger partial charge in [-0.25, -0.2) is 4.39 Å². The second-order valence-corrected chi connectivity index (χ2v) is 8.98. The van der Waals surface area contributed by atoms with Crippen molar-refractivity contribution in [2.75, 3.05) is 0 Å². The average molecular weight is 460 g/mol. The third-order valence-electron chi connectivity index (χ3n) is 5.24. The fourth-order valence-corrected chi connectivity index (χ4v) is 4.65. The molecule has 2 aromatic heterocycles. The molecule has 2 heterocycles. The summed E-state index contributed by atoms with van der Waals surface area (Å²) in [5.41, 5.74) is -0.0781. The Hall–Kier alpha value is -2.97. The van der Waals surface area contributed by atoms with Crippen molar-refractivity contribution in [2.45, 2.75) is 31.3 Å². The zero-order valence-electron chi connectivity index (χ0n) is 16.3. The molecule has 160 valence electrons. The van der Waals surface area contributed by atoms with Crippen molar-refractivity contribution in [2.24, 2.45) is 0 Å². The Labute approximate surface area is 186 Å². The second kappa shape index (κ2) is 9.03. The standard InChI is InChI=1S/C22H19ClFN3O3S/c23-19-10-9-18(31-19)22(30)26-17-5-3-4-16(17)25-21(29)14-8-7-13(12-15(14)24)27-11-2-1-6-20(27)28/h1-2,6-12,16-17H,3-5H2,(H,25,29)(H,26,30)/t16-,17+/m0/s1. The number of halogens is 2. The molecular weight excluding hydrogens is 441 g/mol. The molecule has 1 aromatic carbocycles. The maximum atomic E-state index is 14.7. The van der Waals surface area contributed by atoms with Gasteiger partial charge in [-0.15, -0.1) is 11.3 Å². The number of aromatic nitrogens is 1. The quantitative estimate of drug-likeness (QED) is 0.609. The van der Waals surface area contributed by atoms with Crippen molar-refractivity contribution >= 4 is 34.8 Å². The number of nitrogens with zero attached hydrogens (tertiary/aromatic N) is 1. The van der Waals surface area contributed by atoms with Crippen LogP contribution in [0.3, 0.4) is 0 Å². The summed E-state index contributed by atoms with van der Waals surface area (Å²) in [6.07, 6.45) is 3.76. The van der Waals surface area contributed by atoms with Gasteiger partial charge in [-0.1, -0.05) is 17.7 Å². The number of pyridine rings is 1. The molecule has 9 heteroatoms. The summed E-state index contributed by atoms with van der Waals surface area (Å²) in [6, 6.07) is 11.4. The number of hydrogen-bond acceptors (Lipinski definition) is 4. The first kappa shape index (κ1) is 21.3. The molecule has 0 unspecified atom stereocenters. The van der Waals surface area contributed by atoms with E-state index in [-0.39, 0.29) is 29.1 Å². The molecule has 2 atom stereocenters. The molecule has 1 aliphatic rings. The Balaban J connectivity index is 1.45. The van der Waals surface area contributed by atoms with Crippen molar-refractivity contribution in [1.82, 2.24) is 15.2 Å². The fraction of sp³-hybridized carbons (Fsp3) is 0.227. The van der Waals surface area contributed by atoms with Crippen LogP contribution in [0.2, 0.25) is 4.34 Å². The lowest BCUT2D eigenvalue weighted by Crippen LogP contribution is -2.48. The summed E-state index contributed by atoms with van der Waals surface area (Å²) in [6.45, 7) is 0. The van der Waals surface area contributed by atoms with Crippen LogP contribution >= 0.6 is 22.9 Å². The summed E-state index contributed by atoms with van der Waals surface area (Å²) in [4.78, 5) is 37.5. The highest BCUT2D eigenvalue weighted by Gasteiger charge is 2.31. The Morgan fingerprint density at radius 3 is 2.42 bits per heavy atom. The Morgan fingerprint density at radius 2 is 1.77 bits per heavy atom. The minimum absolute atomic E-state index is 0.116. The van der Waals surface area contributed by atoms with Gasteiger partial charge in [0.25, 0.3) is 17.4 Å². The molecule has 1 saturated carbocycles. The van der Waals surface area contributed by atoms with Crippen molar-refractivity contribution in [3.05, 3.63) is 85.7 Å². The predicted octanol–water partition coefficient (Wildman–Crippen LogP) is 3.77. The maximum Gasteiger partial charge on any atom is 0.261 e. The SMILES string of the molecule is O=C(N[C@@H]1CCC[C@@H]1NC(=O)c1ccc(-n2ccccc2=O)cc1F)c1ccc(Cl)s1. The van der Waals surface area contributed by atoms with E-state index < -0.39 is 11.7 Å². The van der Waals surface area contributed by atoms with Crippen LogP contribution in [0.5, 0.6) is 0 Å². The third kappa shape index (κ3) is 4.70. The van der Waals surface area contributed by atoms with Gasteiger partial charge in [-0.05, 0) is 55.7 Å². The van der Waals surface area contributed by atoms with Gasteiger partial charge in [0, 0.05) is 24.3 Å². The maximum absolute atomic E-state index is 14.7. The van der Waals surface area contributed by atoms with E-state index in [9.17, 15) is 18.8 Å². The lowest BCUT2D eigenvalue weighted by Gasteiger charge is -2.22. The van der Waals surface area contributed by atoms with Crippen molar-refractivity contribution < 1.29 is 14.0 Å².